The molecule has 0 saturated heterocycles. The molecule has 0 aliphatic heterocycles. The summed E-state index contributed by atoms with van der Waals surface area (Å²) in [5.41, 5.74) is -0.334. The lowest BCUT2D eigenvalue weighted by Gasteiger charge is -2.34. The molecule has 0 amide bonds. The quantitative estimate of drug-likeness (QED) is 0.768. The van der Waals surface area contributed by atoms with Crippen molar-refractivity contribution in [1.82, 2.24) is 10.2 Å². The Morgan fingerprint density at radius 2 is 2.16 bits per heavy atom. The van der Waals surface area contributed by atoms with Gasteiger partial charge in [0.05, 0.1) is 12.7 Å². The van der Waals surface area contributed by atoms with E-state index in [0.29, 0.717) is 18.1 Å². The van der Waals surface area contributed by atoms with Gasteiger partial charge in [-0.2, -0.15) is 5.26 Å². The van der Waals surface area contributed by atoms with Crippen LogP contribution >= 0.6 is 0 Å². The minimum atomic E-state index is -0.334. The highest BCUT2D eigenvalue weighted by atomic mass is 16.5. The number of rotatable bonds is 7. The van der Waals surface area contributed by atoms with E-state index in [9.17, 15) is 5.26 Å². The third kappa shape index (κ3) is 4.17. The molecule has 0 heterocycles. The van der Waals surface area contributed by atoms with Crippen LogP contribution in [-0.2, 0) is 4.74 Å². The molecule has 3 atom stereocenters. The van der Waals surface area contributed by atoms with Crippen LogP contribution in [0.15, 0.2) is 0 Å². The minimum absolute atomic E-state index is 0.334. The summed E-state index contributed by atoms with van der Waals surface area (Å²) in [5.74, 6) is 0. The number of nitriles is 1. The van der Waals surface area contributed by atoms with Crippen molar-refractivity contribution in [3.63, 3.8) is 0 Å². The molecule has 0 aromatic carbocycles. The monoisotopic (exact) mass is 267 g/mol. The summed E-state index contributed by atoms with van der Waals surface area (Å²) in [7, 11) is 1.75. The summed E-state index contributed by atoms with van der Waals surface area (Å²) < 4.78 is 5.27. The first-order valence-electron chi connectivity index (χ1n) is 7.41. The number of nitrogens with one attached hydrogen (secondary N) is 1. The lowest BCUT2D eigenvalue weighted by Crippen LogP contribution is -2.48. The number of hydrogen-bond acceptors (Lipinski definition) is 4. The van der Waals surface area contributed by atoms with Gasteiger partial charge in [0.15, 0.2) is 0 Å². The summed E-state index contributed by atoms with van der Waals surface area (Å²) in [4.78, 5) is 2.48. The minimum Gasteiger partial charge on any atom is -0.383 e. The van der Waals surface area contributed by atoms with Crippen LogP contribution in [0.25, 0.3) is 0 Å². The Morgan fingerprint density at radius 3 is 2.63 bits per heavy atom. The van der Waals surface area contributed by atoms with Crippen molar-refractivity contribution < 1.29 is 4.74 Å². The van der Waals surface area contributed by atoms with Gasteiger partial charge in [0.1, 0.15) is 5.54 Å². The van der Waals surface area contributed by atoms with Gasteiger partial charge < -0.3 is 4.74 Å². The molecule has 4 nitrogen and oxygen atoms in total. The zero-order valence-electron chi connectivity index (χ0n) is 13.1. The van der Waals surface area contributed by atoms with E-state index < -0.39 is 0 Å². The van der Waals surface area contributed by atoms with Crippen molar-refractivity contribution in [1.29, 1.82) is 5.26 Å². The van der Waals surface area contributed by atoms with Gasteiger partial charge in [-0.3, -0.25) is 10.2 Å². The van der Waals surface area contributed by atoms with Crippen LogP contribution in [0.4, 0.5) is 0 Å². The van der Waals surface area contributed by atoms with Crippen LogP contribution in [0.2, 0.25) is 0 Å². The zero-order valence-corrected chi connectivity index (χ0v) is 13.1. The molecule has 1 saturated carbocycles. The fourth-order valence-electron chi connectivity index (χ4n) is 3.39. The fraction of sp³-hybridized carbons (Fsp3) is 0.933. The highest BCUT2D eigenvalue weighted by molar-refractivity contribution is 5.14. The standard InChI is InChI=1S/C15H29N3O/c1-6-18(13(4)10-19-5)14-7-8-15(9-14,11-16)17-12(2)3/h12-14,17H,6-10H2,1-5H3. The summed E-state index contributed by atoms with van der Waals surface area (Å²) in [5, 5.41) is 13.0. The molecule has 0 bridgehead atoms. The van der Waals surface area contributed by atoms with Gasteiger partial charge in [0, 0.05) is 25.2 Å². The predicted molar refractivity (Wildman–Crippen MR) is 78.0 cm³/mol. The van der Waals surface area contributed by atoms with Crippen molar-refractivity contribution in [2.75, 3.05) is 20.3 Å². The second kappa shape index (κ2) is 7.23. The molecule has 110 valence electrons. The molecule has 1 aliphatic rings. The van der Waals surface area contributed by atoms with Gasteiger partial charge >= 0.3 is 0 Å². The van der Waals surface area contributed by atoms with Gasteiger partial charge in [-0.05, 0) is 46.6 Å². The van der Waals surface area contributed by atoms with E-state index in [2.05, 4.69) is 44.0 Å². The van der Waals surface area contributed by atoms with Crippen molar-refractivity contribution in [2.24, 2.45) is 0 Å². The summed E-state index contributed by atoms with van der Waals surface area (Å²) in [6, 6.07) is 3.77. The topological polar surface area (TPSA) is 48.3 Å². The highest BCUT2D eigenvalue weighted by Crippen LogP contribution is 2.34. The van der Waals surface area contributed by atoms with E-state index >= 15 is 0 Å². The molecule has 0 aromatic heterocycles. The first-order chi connectivity index (χ1) is 8.98. The summed E-state index contributed by atoms with van der Waals surface area (Å²) in [6.07, 6.45) is 2.96. The number of nitrogens with zero attached hydrogens (tertiary/aromatic N) is 2. The third-order valence-electron chi connectivity index (χ3n) is 4.08. The van der Waals surface area contributed by atoms with E-state index in [1.54, 1.807) is 7.11 Å². The number of hydrogen-bond donors (Lipinski definition) is 1. The van der Waals surface area contributed by atoms with Gasteiger partial charge in [-0.25, -0.2) is 0 Å². The van der Waals surface area contributed by atoms with Gasteiger partial charge in [0.2, 0.25) is 0 Å². The molecule has 0 radical (unpaired) electrons. The molecule has 19 heavy (non-hydrogen) atoms. The van der Waals surface area contributed by atoms with Crippen LogP contribution < -0.4 is 5.32 Å². The molecular weight excluding hydrogens is 238 g/mol. The fourth-order valence-corrected chi connectivity index (χ4v) is 3.39. The number of ether oxygens (including phenoxy) is 1. The number of methoxy groups -OCH3 is 1. The van der Waals surface area contributed by atoms with E-state index in [1.807, 2.05) is 0 Å². The molecule has 1 N–H and O–H groups in total. The molecule has 4 heteroatoms. The van der Waals surface area contributed by atoms with Crippen LogP contribution in [0.3, 0.4) is 0 Å². The van der Waals surface area contributed by atoms with Crippen molar-refractivity contribution in [3.8, 4) is 6.07 Å². The van der Waals surface area contributed by atoms with Gasteiger partial charge in [0.25, 0.3) is 0 Å². The summed E-state index contributed by atoms with van der Waals surface area (Å²) >= 11 is 0. The van der Waals surface area contributed by atoms with Crippen molar-refractivity contribution >= 4 is 0 Å². The van der Waals surface area contributed by atoms with Gasteiger partial charge in [-0.15, -0.1) is 0 Å². The van der Waals surface area contributed by atoms with Crippen molar-refractivity contribution in [2.45, 2.75) is 70.6 Å². The molecule has 1 fully saturated rings. The largest absolute Gasteiger partial charge is 0.383 e. The first-order valence-corrected chi connectivity index (χ1v) is 7.41. The molecule has 3 unspecified atom stereocenters. The Labute approximate surface area is 118 Å². The van der Waals surface area contributed by atoms with E-state index in [1.165, 1.54) is 0 Å². The molecular formula is C15H29N3O. The molecule has 1 aliphatic carbocycles. The predicted octanol–water partition coefficient (Wildman–Crippen LogP) is 2.16. The summed E-state index contributed by atoms with van der Waals surface area (Å²) in [6.45, 7) is 10.4. The normalized spacial score (nSPS) is 28.8. The molecule has 1 rings (SSSR count). The maximum atomic E-state index is 9.52. The van der Waals surface area contributed by atoms with Crippen LogP contribution in [0.1, 0.15) is 47.0 Å². The molecule has 0 spiro atoms. The van der Waals surface area contributed by atoms with E-state index in [-0.39, 0.29) is 5.54 Å². The van der Waals surface area contributed by atoms with Crippen LogP contribution in [0.5, 0.6) is 0 Å². The van der Waals surface area contributed by atoms with E-state index in [4.69, 9.17) is 4.74 Å². The Morgan fingerprint density at radius 1 is 1.47 bits per heavy atom. The maximum absolute atomic E-state index is 9.52. The average Bonchev–Trinajstić information content (AvgIpc) is 2.74. The third-order valence-corrected chi connectivity index (χ3v) is 4.08. The van der Waals surface area contributed by atoms with Crippen LogP contribution in [-0.4, -0.2) is 48.8 Å². The Kier molecular flexibility index (Phi) is 6.25. The first kappa shape index (κ1) is 16.4. The maximum Gasteiger partial charge on any atom is 0.108 e. The van der Waals surface area contributed by atoms with Crippen LogP contribution in [0, 0.1) is 11.3 Å². The smallest absolute Gasteiger partial charge is 0.108 e. The second-order valence-electron chi connectivity index (χ2n) is 6.02. The average molecular weight is 267 g/mol. The Bertz CT molecular complexity index is 313. The van der Waals surface area contributed by atoms with Gasteiger partial charge in [-0.1, -0.05) is 6.92 Å². The molecule has 0 aromatic rings. The zero-order chi connectivity index (χ0) is 14.5. The second-order valence-corrected chi connectivity index (χ2v) is 6.02. The Hall–Kier alpha value is -0.630. The lowest BCUT2D eigenvalue weighted by atomic mass is 9.98. The lowest BCUT2D eigenvalue weighted by molar-refractivity contribution is 0.0729. The SMILES string of the molecule is CCN(C(C)COC)C1CCC(C#N)(NC(C)C)C1. The van der Waals surface area contributed by atoms with Crippen molar-refractivity contribution in [3.05, 3.63) is 0 Å². The Balaban J connectivity index is 2.69. The van der Waals surface area contributed by atoms with E-state index in [0.717, 1.165) is 32.4 Å². The number of likely N-dealkylation sites (N-methyl/N-ethyl adjacent to an activating group) is 1. The highest BCUT2D eigenvalue weighted by Gasteiger charge is 2.42.